The molecule has 1 saturated heterocycles. The predicted molar refractivity (Wildman–Crippen MR) is 108 cm³/mol. The third-order valence-corrected chi connectivity index (χ3v) is 7.28. The normalized spacial score (nSPS) is 15.1. The van der Waals surface area contributed by atoms with Crippen LogP contribution in [-0.2, 0) is 21.1 Å². The zero-order valence-corrected chi connectivity index (χ0v) is 17.6. The van der Waals surface area contributed by atoms with Crippen LogP contribution >= 0.6 is 0 Å². The molecule has 9 heteroatoms. The lowest BCUT2D eigenvalue weighted by atomic mass is 10.1. The Kier molecular flexibility index (Phi) is 6.16. The molecule has 0 radical (unpaired) electrons. The molecular weight excluding hydrogens is 395 g/mol. The standard InChI is InChI=1S/C20H25FN4O3S/c1-14(2)29(27,28)17-6-4-16(5-7-17)12-18(26)24-8-10-25(11-9-24)20-19(21)15(3)22-13-23-20/h4-7,13-14H,8-12H2,1-3H3. The van der Waals surface area contributed by atoms with Crippen molar-refractivity contribution in [1.82, 2.24) is 14.9 Å². The van der Waals surface area contributed by atoms with Gasteiger partial charge in [-0.15, -0.1) is 0 Å². The number of sulfone groups is 1. The molecule has 0 aliphatic carbocycles. The minimum absolute atomic E-state index is 0.0385. The van der Waals surface area contributed by atoms with E-state index in [1.165, 1.54) is 6.33 Å². The molecule has 1 aromatic carbocycles. The zero-order chi connectivity index (χ0) is 21.2. The Morgan fingerprint density at radius 2 is 1.72 bits per heavy atom. The van der Waals surface area contributed by atoms with Gasteiger partial charge in [0.15, 0.2) is 21.5 Å². The van der Waals surface area contributed by atoms with Gasteiger partial charge in [0.25, 0.3) is 0 Å². The summed E-state index contributed by atoms with van der Waals surface area (Å²) in [6, 6.07) is 6.47. The van der Waals surface area contributed by atoms with Gasteiger partial charge in [-0.1, -0.05) is 12.1 Å². The van der Waals surface area contributed by atoms with Crippen molar-refractivity contribution in [1.29, 1.82) is 0 Å². The molecule has 0 saturated carbocycles. The van der Waals surface area contributed by atoms with Gasteiger partial charge < -0.3 is 9.80 Å². The van der Waals surface area contributed by atoms with Crippen molar-refractivity contribution in [2.24, 2.45) is 0 Å². The summed E-state index contributed by atoms with van der Waals surface area (Å²) in [6.45, 7) is 6.80. The summed E-state index contributed by atoms with van der Waals surface area (Å²) in [5.74, 6) is -0.196. The number of carbonyl (C=O) groups excluding carboxylic acids is 1. The quantitative estimate of drug-likeness (QED) is 0.736. The van der Waals surface area contributed by atoms with Crippen molar-refractivity contribution in [2.75, 3.05) is 31.1 Å². The van der Waals surface area contributed by atoms with E-state index in [4.69, 9.17) is 0 Å². The van der Waals surface area contributed by atoms with Crippen molar-refractivity contribution in [3.63, 3.8) is 0 Å². The number of carbonyl (C=O) groups is 1. The summed E-state index contributed by atoms with van der Waals surface area (Å²) < 4.78 is 38.6. The first-order chi connectivity index (χ1) is 13.7. The van der Waals surface area contributed by atoms with Crippen LogP contribution in [0.3, 0.4) is 0 Å². The molecule has 2 aromatic rings. The minimum atomic E-state index is -3.32. The number of aryl methyl sites for hydroxylation is 1. The first kappa shape index (κ1) is 21.2. The number of amides is 1. The Bertz CT molecular complexity index is 985. The number of rotatable bonds is 5. The highest BCUT2D eigenvalue weighted by molar-refractivity contribution is 7.92. The summed E-state index contributed by atoms with van der Waals surface area (Å²) in [5.41, 5.74) is 1.06. The van der Waals surface area contributed by atoms with Crippen LogP contribution in [0, 0.1) is 12.7 Å². The second-order valence-corrected chi connectivity index (χ2v) is 9.88. The van der Waals surface area contributed by atoms with Gasteiger partial charge in [0.05, 0.1) is 22.3 Å². The smallest absolute Gasteiger partial charge is 0.227 e. The van der Waals surface area contributed by atoms with Crippen LogP contribution in [-0.4, -0.2) is 60.6 Å². The maximum absolute atomic E-state index is 14.2. The van der Waals surface area contributed by atoms with E-state index < -0.39 is 20.9 Å². The number of aromatic nitrogens is 2. The maximum atomic E-state index is 14.2. The maximum Gasteiger partial charge on any atom is 0.227 e. The molecule has 156 valence electrons. The van der Waals surface area contributed by atoms with Gasteiger partial charge in [0.1, 0.15) is 6.33 Å². The molecule has 29 heavy (non-hydrogen) atoms. The number of halogens is 1. The van der Waals surface area contributed by atoms with E-state index in [0.717, 1.165) is 5.56 Å². The largest absolute Gasteiger partial charge is 0.351 e. The zero-order valence-electron chi connectivity index (χ0n) is 16.8. The first-order valence-electron chi connectivity index (χ1n) is 9.53. The SMILES string of the molecule is Cc1ncnc(N2CCN(C(=O)Cc3ccc(S(=O)(=O)C(C)C)cc3)CC2)c1F. The molecule has 0 spiro atoms. The second-order valence-electron chi connectivity index (χ2n) is 7.38. The fourth-order valence-corrected chi connectivity index (χ4v) is 4.25. The number of piperazine rings is 1. The third-order valence-electron chi connectivity index (χ3n) is 5.11. The van der Waals surface area contributed by atoms with Crippen LogP contribution in [0.1, 0.15) is 25.1 Å². The molecule has 1 amide bonds. The van der Waals surface area contributed by atoms with Gasteiger partial charge in [-0.25, -0.2) is 22.8 Å². The number of hydrogen-bond donors (Lipinski definition) is 0. The van der Waals surface area contributed by atoms with Crippen molar-refractivity contribution >= 4 is 21.6 Å². The number of anilines is 1. The van der Waals surface area contributed by atoms with Gasteiger partial charge in [0, 0.05) is 26.2 Å². The predicted octanol–water partition coefficient (Wildman–Crippen LogP) is 2.00. The molecule has 1 aliphatic rings. The molecule has 0 atom stereocenters. The Morgan fingerprint density at radius 3 is 2.31 bits per heavy atom. The van der Waals surface area contributed by atoms with E-state index in [-0.39, 0.29) is 23.0 Å². The van der Waals surface area contributed by atoms with Crippen LogP contribution in [0.25, 0.3) is 0 Å². The highest BCUT2D eigenvalue weighted by atomic mass is 32.2. The van der Waals surface area contributed by atoms with E-state index in [1.54, 1.807) is 49.9 Å². The van der Waals surface area contributed by atoms with Crippen molar-refractivity contribution < 1.29 is 17.6 Å². The first-order valence-corrected chi connectivity index (χ1v) is 11.1. The van der Waals surface area contributed by atoms with Crippen LogP contribution in [0.4, 0.5) is 10.2 Å². The summed E-state index contributed by atoms with van der Waals surface area (Å²) >= 11 is 0. The van der Waals surface area contributed by atoms with Crippen LogP contribution < -0.4 is 4.90 Å². The molecule has 1 aliphatic heterocycles. The summed E-state index contributed by atoms with van der Waals surface area (Å²) in [4.78, 5) is 24.3. The van der Waals surface area contributed by atoms with Crippen LogP contribution in [0.2, 0.25) is 0 Å². The van der Waals surface area contributed by atoms with Crippen LogP contribution in [0.15, 0.2) is 35.5 Å². The summed E-state index contributed by atoms with van der Waals surface area (Å²) in [7, 11) is -3.32. The van der Waals surface area contributed by atoms with Crippen molar-refractivity contribution in [3.05, 3.63) is 47.7 Å². The fraction of sp³-hybridized carbons (Fsp3) is 0.450. The van der Waals surface area contributed by atoms with Gasteiger partial charge in [-0.05, 0) is 38.5 Å². The Hall–Kier alpha value is -2.55. The third kappa shape index (κ3) is 4.55. The van der Waals surface area contributed by atoms with Crippen molar-refractivity contribution in [2.45, 2.75) is 37.3 Å². The number of nitrogens with zero attached hydrogens (tertiary/aromatic N) is 4. The molecule has 3 rings (SSSR count). The number of hydrogen-bond acceptors (Lipinski definition) is 6. The number of benzene rings is 1. The molecule has 0 unspecified atom stereocenters. The highest BCUT2D eigenvalue weighted by Gasteiger charge is 2.25. The van der Waals surface area contributed by atoms with E-state index in [9.17, 15) is 17.6 Å². The lowest BCUT2D eigenvalue weighted by Gasteiger charge is -2.35. The Morgan fingerprint density at radius 1 is 1.10 bits per heavy atom. The van der Waals surface area contributed by atoms with Crippen LogP contribution in [0.5, 0.6) is 0 Å². The summed E-state index contributed by atoms with van der Waals surface area (Å²) in [6.07, 6.45) is 1.54. The highest BCUT2D eigenvalue weighted by Crippen LogP contribution is 2.20. The monoisotopic (exact) mass is 420 g/mol. The Labute approximate surface area is 170 Å². The van der Waals surface area contributed by atoms with Gasteiger partial charge >= 0.3 is 0 Å². The van der Waals surface area contributed by atoms with Gasteiger partial charge in [-0.3, -0.25) is 4.79 Å². The molecule has 0 bridgehead atoms. The molecule has 2 heterocycles. The lowest BCUT2D eigenvalue weighted by molar-refractivity contribution is -0.130. The molecule has 0 N–H and O–H groups in total. The molecule has 1 fully saturated rings. The van der Waals surface area contributed by atoms with E-state index in [0.29, 0.717) is 31.9 Å². The lowest BCUT2D eigenvalue weighted by Crippen LogP contribution is -2.49. The average molecular weight is 421 g/mol. The topological polar surface area (TPSA) is 83.5 Å². The second kappa shape index (κ2) is 8.44. The van der Waals surface area contributed by atoms with Gasteiger partial charge in [0.2, 0.25) is 5.91 Å². The molecule has 7 nitrogen and oxygen atoms in total. The van der Waals surface area contributed by atoms with Gasteiger partial charge in [-0.2, -0.15) is 0 Å². The van der Waals surface area contributed by atoms with E-state index >= 15 is 0 Å². The summed E-state index contributed by atoms with van der Waals surface area (Å²) in [5, 5.41) is -0.491. The minimum Gasteiger partial charge on any atom is -0.351 e. The van der Waals surface area contributed by atoms with E-state index in [2.05, 4.69) is 9.97 Å². The molecule has 1 aromatic heterocycles. The van der Waals surface area contributed by atoms with Crippen molar-refractivity contribution in [3.8, 4) is 0 Å². The average Bonchev–Trinajstić information content (AvgIpc) is 2.70. The fourth-order valence-electron chi connectivity index (χ4n) is 3.19. The molecular formula is C20H25FN4O3S. The Balaban J connectivity index is 1.59. The van der Waals surface area contributed by atoms with E-state index in [1.807, 2.05) is 4.90 Å².